The Bertz CT molecular complexity index is 988. The van der Waals surface area contributed by atoms with Crippen LogP contribution in [0, 0.1) is 0 Å². The van der Waals surface area contributed by atoms with Crippen molar-refractivity contribution in [3.05, 3.63) is 48.5 Å². The summed E-state index contributed by atoms with van der Waals surface area (Å²) in [6.45, 7) is 6.11. The minimum atomic E-state index is -3.79. The molecule has 1 atom stereocenters. The van der Waals surface area contributed by atoms with Gasteiger partial charge in [-0.15, -0.1) is 0 Å². The number of benzene rings is 2. The highest BCUT2D eigenvalue weighted by atomic mass is 32.2. The van der Waals surface area contributed by atoms with E-state index in [1.165, 1.54) is 24.3 Å². The van der Waals surface area contributed by atoms with Crippen LogP contribution < -0.4 is 18.9 Å². The largest absolute Gasteiger partial charge is 0.494 e. The average Bonchev–Trinajstić information content (AvgIpc) is 2.68. The van der Waals surface area contributed by atoms with Crippen molar-refractivity contribution in [3.63, 3.8) is 0 Å². The maximum Gasteiger partial charge on any atom is 0.240 e. The molecule has 160 valence electrons. The quantitative estimate of drug-likeness (QED) is 0.552. The van der Waals surface area contributed by atoms with Gasteiger partial charge in [-0.1, -0.05) is 0 Å². The monoisotopic (exact) mass is 442 g/mol. The van der Waals surface area contributed by atoms with Crippen LogP contribution in [0.4, 0.5) is 0 Å². The Hall–Kier alpha value is -2.14. The van der Waals surface area contributed by atoms with Gasteiger partial charge < -0.3 is 9.47 Å². The Morgan fingerprint density at radius 2 is 1.17 bits per heavy atom. The van der Waals surface area contributed by atoms with Crippen LogP contribution in [0.3, 0.4) is 0 Å². The molecular formula is C19H26N2O6S2. The Morgan fingerprint density at radius 3 is 1.59 bits per heavy atom. The van der Waals surface area contributed by atoms with Gasteiger partial charge in [-0.05, 0) is 69.3 Å². The molecule has 0 radical (unpaired) electrons. The van der Waals surface area contributed by atoms with Crippen molar-refractivity contribution in [2.45, 2.75) is 36.6 Å². The van der Waals surface area contributed by atoms with E-state index < -0.39 is 26.1 Å². The molecule has 2 aromatic rings. The van der Waals surface area contributed by atoms with Gasteiger partial charge in [-0.3, -0.25) is 0 Å². The third-order valence-electron chi connectivity index (χ3n) is 3.83. The molecule has 0 spiro atoms. The van der Waals surface area contributed by atoms with Crippen LogP contribution in [0.5, 0.6) is 11.5 Å². The van der Waals surface area contributed by atoms with E-state index in [1.54, 1.807) is 31.2 Å². The summed E-state index contributed by atoms with van der Waals surface area (Å²) in [5.41, 5.74) is 0. The summed E-state index contributed by atoms with van der Waals surface area (Å²) in [6.07, 6.45) is 0. The fourth-order valence-corrected chi connectivity index (χ4v) is 4.83. The van der Waals surface area contributed by atoms with Gasteiger partial charge in [0.1, 0.15) is 11.5 Å². The zero-order valence-electron chi connectivity index (χ0n) is 16.6. The van der Waals surface area contributed by atoms with Crippen LogP contribution in [0.25, 0.3) is 0 Å². The molecule has 0 aliphatic heterocycles. The predicted octanol–water partition coefficient (Wildman–Crippen LogP) is 2.13. The van der Waals surface area contributed by atoms with Gasteiger partial charge in [0.15, 0.2) is 0 Å². The van der Waals surface area contributed by atoms with Crippen molar-refractivity contribution < 1.29 is 26.3 Å². The first-order chi connectivity index (χ1) is 13.7. The van der Waals surface area contributed by atoms with Crippen molar-refractivity contribution in [2.75, 3.05) is 19.8 Å². The molecule has 10 heteroatoms. The Labute approximate surface area is 172 Å². The second-order valence-electron chi connectivity index (χ2n) is 6.18. The maximum absolute atomic E-state index is 12.5. The molecule has 0 heterocycles. The highest BCUT2D eigenvalue weighted by Crippen LogP contribution is 2.17. The van der Waals surface area contributed by atoms with Crippen LogP contribution in [-0.4, -0.2) is 42.6 Å². The number of sulfonamides is 2. The molecule has 8 nitrogen and oxygen atoms in total. The first-order valence-electron chi connectivity index (χ1n) is 9.15. The third kappa shape index (κ3) is 6.70. The van der Waals surface area contributed by atoms with Crippen molar-refractivity contribution >= 4 is 20.0 Å². The zero-order valence-corrected chi connectivity index (χ0v) is 18.2. The minimum Gasteiger partial charge on any atom is -0.494 e. The first-order valence-corrected chi connectivity index (χ1v) is 12.1. The van der Waals surface area contributed by atoms with E-state index >= 15 is 0 Å². The predicted molar refractivity (Wildman–Crippen MR) is 110 cm³/mol. The molecule has 29 heavy (non-hydrogen) atoms. The molecule has 0 aliphatic carbocycles. The van der Waals surface area contributed by atoms with Crippen molar-refractivity contribution in [3.8, 4) is 11.5 Å². The highest BCUT2D eigenvalue weighted by Gasteiger charge is 2.20. The van der Waals surface area contributed by atoms with Crippen molar-refractivity contribution in [1.82, 2.24) is 9.44 Å². The number of hydrogen-bond acceptors (Lipinski definition) is 6. The van der Waals surface area contributed by atoms with E-state index in [2.05, 4.69) is 9.44 Å². The lowest BCUT2D eigenvalue weighted by molar-refractivity contribution is 0.340. The Kier molecular flexibility index (Phi) is 8.03. The van der Waals surface area contributed by atoms with E-state index in [-0.39, 0.29) is 16.3 Å². The summed E-state index contributed by atoms with van der Waals surface area (Å²) in [4.78, 5) is 0.143. The zero-order chi connectivity index (χ0) is 21.5. The Balaban J connectivity index is 1.97. The van der Waals surface area contributed by atoms with E-state index in [4.69, 9.17) is 9.47 Å². The molecule has 0 bridgehead atoms. The van der Waals surface area contributed by atoms with Gasteiger partial charge in [0.25, 0.3) is 0 Å². The van der Waals surface area contributed by atoms with Gasteiger partial charge >= 0.3 is 0 Å². The lowest BCUT2D eigenvalue weighted by Crippen LogP contribution is -2.41. The number of nitrogens with one attached hydrogen (secondary N) is 2. The van der Waals surface area contributed by atoms with Gasteiger partial charge in [-0.25, -0.2) is 26.3 Å². The molecule has 0 saturated carbocycles. The van der Waals surface area contributed by atoms with Crippen LogP contribution in [0.1, 0.15) is 20.8 Å². The topological polar surface area (TPSA) is 111 Å². The number of hydrogen-bond donors (Lipinski definition) is 2. The van der Waals surface area contributed by atoms with Crippen molar-refractivity contribution in [1.29, 1.82) is 0 Å². The fourth-order valence-electron chi connectivity index (χ4n) is 2.46. The summed E-state index contributed by atoms with van der Waals surface area (Å²) in [5.74, 6) is 1.14. The number of rotatable bonds is 11. The van der Waals surface area contributed by atoms with Crippen LogP contribution in [0.2, 0.25) is 0 Å². The number of ether oxygens (including phenoxy) is 2. The normalized spacial score (nSPS) is 13.1. The standard InChI is InChI=1S/C19H26N2O6S2/c1-4-26-16-6-10-18(11-7-16)28(22,23)20-14-15(3)21-29(24,25)19-12-8-17(9-13-19)27-5-2/h6-13,15,20-21H,4-5,14H2,1-3H3. The summed E-state index contributed by atoms with van der Waals surface area (Å²) < 4.78 is 65.2. The van der Waals surface area contributed by atoms with E-state index in [1.807, 2.05) is 13.8 Å². The molecular weight excluding hydrogens is 416 g/mol. The smallest absolute Gasteiger partial charge is 0.240 e. The summed E-state index contributed by atoms with van der Waals surface area (Å²) >= 11 is 0. The summed E-state index contributed by atoms with van der Waals surface area (Å²) in [6, 6.07) is 11.3. The third-order valence-corrected chi connectivity index (χ3v) is 6.87. The van der Waals surface area contributed by atoms with E-state index in [0.717, 1.165) is 0 Å². The maximum atomic E-state index is 12.5. The van der Waals surface area contributed by atoms with Gasteiger partial charge in [0, 0.05) is 12.6 Å². The minimum absolute atomic E-state index is 0.0715. The van der Waals surface area contributed by atoms with Crippen LogP contribution >= 0.6 is 0 Å². The summed E-state index contributed by atoms with van der Waals surface area (Å²) in [7, 11) is -7.57. The van der Waals surface area contributed by atoms with Gasteiger partial charge in [-0.2, -0.15) is 0 Å². The van der Waals surface area contributed by atoms with Gasteiger partial charge in [0.2, 0.25) is 20.0 Å². The van der Waals surface area contributed by atoms with Gasteiger partial charge in [0.05, 0.1) is 23.0 Å². The van der Waals surface area contributed by atoms with Crippen molar-refractivity contribution in [2.24, 2.45) is 0 Å². The van der Waals surface area contributed by atoms with E-state index in [0.29, 0.717) is 24.7 Å². The molecule has 0 fully saturated rings. The fraction of sp³-hybridized carbons (Fsp3) is 0.368. The SMILES string of the molecule is CCOc1ccc(S(=O)(=O)NCC(C)NS(=O)(=O)c2ccc(OCC)cc2)cc1. The lowest BCUT2D eigenvalue weighted by Gasteiger charge is -2.16. The molecule has 0 amide bonds. The second kappa shape index (κ2) is 10.1. The molecule has 0 aliphatic rings. The summed E-state index contributed by atoms with van der Waals surface area (Å²) in [5, 5.41) is 0. The molecule has 2 N–H and O–H groups in total. The van der Waals surface area contributed by atoms with E-state index in [9.17, 15) is 16.8 Å². The highest BCUT2D eigenvalue weighted by molar-refractivity contribution is 7.90. The molecule has 1 unspecified atom stereocenters. The molecule has 0 saturated heterocycles. The van der Waals surface area contributed by atoms with Crippen LogP contribution in [-0.2, 0) is 20.0 Å². The molecule has 0 aromatic heterocycles. The average molecular weight is 443 g/mol. The second-order valence-corrected chi connectivity index (χ2v) is 9.66. The van der Waals surface area contributed by atoms with Crippen LogP contribution in [0.15, 0.2) is 58.3 Å². The Morgan fingerprint density at radius 1 is 0.759 bits per heavy atom. The first kappa shape index (κ1) is 23.1. The molecule has 2 aromatic carbocycles. The molecule has 2 rings (SSSR count). The lowest BCUT2D eigenvalue weighted by atomic mass is 10.3.